The van der Waals surface area contributed by atoms with Crippen molar-refractivity contribution in [2.45, 2.75) is 52.4 Å². The predicted octanol–water partition coefficient (Wildman–Crippen LogP) is 15.6. The van der Waals surface area contributed by atoms with Gasteiger partial charge in [0.05, 0.1) is 0 Å². The second-order valence-corrected chi connectivity index (χ2v) is 19.3. The molecule has 0 fully saturated rings. The Morgan fingerprint density at radius 2 is 1.24 bits per heavy atom. The minimum Gasteiger partial charge on any atom is -0.509 e. The molecule has 4 heterocycles. The number of rotatable bonds is 6. The van der Waals surface area contributed by atoms with Crippen LogP contribution in [0, 0.1) is 18.8 Å². The van der Waals surface area contributed by atoms with E-state index in [0.717, 1.165) is 50.4 Å². The van der Waals surface area contributed by atoms with Crippen molar-refractivity contribution in [3.8, 4) is 28.4 Å². The molecular weight excluding hydrogens is 972 g/mol. The Balaban J connectivity index is 0.00000471. The molecule has 3 aromatic heterocycles. The van der Waals surface area contributed by atoms with Crippen LogP contribution in [0.4, 0.5) is 22.7 Å². The van der Waals surface area contributed by atoms with Crippen molar-refractivity contribution in [2.75, 3.05) is 9.80 Å². The van der Waals surface area contributed by atoms with Crippen molar-refractivity contribution in [1.82, 2.24) is 9.55 Å². The largest absolute Gasteiger partial charge is 0.509 e. The van der Waals surface area contributed by atoms with Gasteiger partial charge in [0.25, 0.3) is 0 Å². The van der Waals surface area contributed by atoms with Gasteiger partial charge in [-0.2, -0.15) is 12.1 Å². The van der Waals surface area contributed by atoms with E-state index < -0.39 is 0 Å². The summed E-state index contributed by atoms with van der Waals surface area (Å²) in [6.07, 6.45) is 1.90. The number of fused-ring (bicyclic) bond motifs is 7. The monoisotopic (exact) mass is 1020 g/mol. The number of nitrogens with zero attached hydrogens (tertiary/aromatic N) is 4. The topological polar surface area (TPSA) is 33.5 Å². The van der Waals surface area contributed by atoms with Crippen molar-refractivity contribution in [3.05, 3.63) is 188 Å². The van der Waals surface area contributed by atoms with E-state index in [0.29, 0.717) is 11.5 Å². The average molecular weight is 1020 g/mol. The summed E-state index contributed by atoms with van der Waals surface area (Å²) in [5.41, 5.74) is 11.0. The zero-order valence-corrected chi connectivity index (χ0v) is 39.1. The summed E-state index contributed by atoms with van der Waals surface area (Å²) in [5.74, 6) is 2.06. The van der Waals surface area contributed by atoms with Gasteiger partial charge >= 0.3 is 0 Å². The number of pyridine rings is 1. The number of para-hydroxylation sites is 3. The van der Waals surface area contributed by atoms with Crippen LogP contribution in [-0.2, 0) is 31.9 Å². The molecule has 63 heavy (non-hydrogen) atoms. The van der Waals surface area contributed by atoms with Gasteiger partial charge in [-0.3, -0.25) is 0 Å². The van der Waals surface area contributed by atoms with E-state index in [4.69, 9.17) is 9.72 Å². The molecule has 11 rings (SSSR count). The molecule has 0 aliphatic carbocycles. The molecule has 0 unspecified atom stereocenters. The first-order valence-electron chi connectivity index (χ1n) is 21.2. The first kappa shape index (κ1) is 40.8. The summed E-state index contributed by atoms with van der Waals surface area (Å²) >= 11 is 1.85. The number of benzene rings is 7. The third-order valence-corrected chi connectivity index (χ3v) is 13.2. The first-order chi connectivity index (χ1) is 30.0. The second kappa shape index (κ2) is 15.6. The van der Waals surface area contributed by atoms with Gasteiger partial charge in [-0.1, -0.05) is 120 Å². The van der Waals surface area contributed by atoms with Crippen LogP contribution in [0.25, 0.3) is 58.9 Å². The SMILES string of the molecule is CC(C)(C)c1ccnc(-n2c3[c-]c(Oc4[c-]c(N5[CH-]N(c6cc(C(C)(C)C)ccc6-c6cccc7sc8ccccc8c67)c6ccccc65)ccc4)ccc3c3ccccc32)c1.[Pt]. The summed E-state index contributed by atoms with van der Waals surface area (Å²) < 4.78 is 11.4. The normalized spacial score (nSPS) is 13.0. The maximum Gasteiger partial charge on any atom is 0.135 e. The molecule has 1 aliphatic rings. The van der Waals surface area contributed by atoms with Crippen molar-refractivity contribution in [1.29, 1.82) is 0 Å². The summed E-state index contributed by atoms with van der Waals surface area (Å²) in [4.78, 5) is 9.42. The van der Waals surface area contributed by atoms with Crippen molar-refractivity contribution >= 4 is 76.1 Å². The predicted molar refractivity (Wildman–Crippen MR) is 260 cm³/mol. The number of hydrogen-bond acceptors (Lipinski definition) is 5. The summed E-state index contributed by atoms with van der Waals surface area (Å²) in [6, 6.07) is 61.3. The van der Waals surface area contributed by atoms with Gasteiger partial charge in [0.1, 0.15) is 5.82 Å². The summed E-state index contributed by atoms with van der Waals surface area (Å²) in [5, 5.41) is 4.82. The molecule has 10 aromatic rings. The molecule has 314 valence electrons. The van der Waals surface area contributed by atoms with Gasteiger partial charge in [0.15, 0.2) is 0 Å². The van der Waals surface area contributed by atoms with Crippen LogP contribution in [0.3, 0.4) is 0 Å². The Hall–Kier alpha value is -6.20. The van der Waals surface area contributed by atoms with Crippen molar-refractivity contribution in [3.63, 3.8) is 0 Å². The number of thiophene rings is 1. The van der Waals surface area contributed by atoms with Crippen LogP contribution < -0.4 is 14.5 Å². The van der Waals surface area contributed by atoms with E-state index in [1.807, 2.05) is 35.7 Å². The molecule has 7 aromatic carbocycles. The van der Waals surface area contributed by atoms with E-state index in [1.54, 1.807) is 0 Å². The zero-order valence-electron chi connectivity index (χ0n) is 36.0. The molecule has 0 amide bonds. The summed E-state index contributed by atoms with van der Waals surface area (Å²) in [6.45, 7) is 15.7. The minimum absolute atomic E-state index is 0. The van der Waals surface area contributed by atoms with E-state index in [2.05, 4.69) is 208 Å². The third-order valence-electron chi connectivity index (χ3n) is 12.1. The number of aromatic nitrogens is 2. The molecule has 0 saturated carbocycles. The Morgan fingerprint density at radius 3 is 2.05 bits per heavy atom. The van der Waals surface area contributed by atoms with Gasteiger partial charge in [0, 0.05) is 87.1 Å². The van der Waals surface area contributed by atoms with Crippen LogP contribution in [0.5, 0.6) is 11.5 Å². The molecule has 7 heteroatoms. The van der Waals surface area contributed by atoms with Crippen LogP contribution in [-0.4, -0.2) is 9.55 Å². The second-order valence-electron chi connectivity index (χ2n) is 18.2. The minimum atomic E-state index is -0.0475. The molecule has 0 N–H and O–H groups in total. The van der Waals surface area contributed by atoms with Crippen LogP contribution in [0.15, 0.2) is 158 Å². The van der Waals surface area contributed by atoms with Gasteiger partial charge < -0.3 is 19.1 Å². The number of ether oxygens (including phenoxy) is 1. The van der Waals surface area contributed by atoms with Crippen LogP contribution in [0.1, 0.15) is 52.7 Å². The zero-order chi connectivity index (χ0) is 42.3. The maximum absolute atomic E-state index is 6.65. The molecule has 0 radical (unpaired) electrons. The Morgan fingerprint density at radius 1 is 0.556 bits per heavy atom. The van der Waals surface area contributed by atoms with Crippen LogP contribution in [0.2, 0.25) is 0 Å². The molecule has 5 nitrogen and oxygen atoms in total. The number of hydrogen-bond donors (Lipinski definition) is 0. The molecule has 0 saturated heterocycles. The van der Waals surface area contributed by atoms with Gasteiger partial charge in [-0.05, 0) is 81.4 Å². The average Bonchev–Trinajstić information content (AvgIpc) is 3.96. The fraction of sp³-hybridized carbons (Fsp3) is 0.143. The molecule has 0 spiro atoms. The standard InChI is InChI=1S/C56H45N4OS.Pt/c1-55(2,3)36-25-27-43(44-19-14-24-52-54(44)45-18-8-12-23-51(45)62-52)49(31-36)59-35-58(47-21-10-11-22-48(47)59)38-15-13-16-39(33-38)61-40-26-28-42-41-17-7-9-20-46(41)60(50(42)34-40)53-32-37(29-30-57-53)56(4,5)6;/h7-32,35H,1-6H3;/q-3;. The van der Waals surface area contributed by atoms with E-state index in [1.165, 1.54) is 42.4 Å². The Bertz CT molecular complexity index is 3370. The van der Waals surface area contributed by atoms with E-state index in [9.17, 15) is 0 Å². The smallest absolute Gasteiger partial charge is 0.135 e. The fourth-order valence-corrected chi connectivity index (χ4v) is 9.99. The third kappa shape index (κ3) is 7.10. The van der Waals surface area contributed by atoms with Crippen molar-refractivity contribution < 1.29 is 25.8 Å². The Labute approximate surface area is 387 Å². The van der Waals surface area contributed by atoms with E-state index >= 15 is 0 Å². The maximum atomic E-state index is 6.65. The van der Waals surface area contributed by atoms with Gasteiger partial charge in [-0.25, -0.2) is 4.98 Å². The van der Waals surface area contributed by atoms with Gasteiger partial charge in [0.2, 0.25) is 0 Å². The molecule has 0 atom stereocenters. The fourth-order valence-electron chi connectivity index (χ4n) is 8.85. The van der Waals surface area contributed by atoms with Crippen LogP contribution >= 0.6 is 11.3 Å². The van der Waals surface area contributed by atoms with Gasteiger partial charge in [-0.15, -0.1) is 59.4 Å². The quantitative estimate of drug-likeness (QED) is 0.155. The first-order valence-corrected chi connectivity index (χ1v) is 22.0. The van der Waals surface area contributed by atoms with Crippen molar-refractivity contribution in [2.24, 2.45) is 0 Å². The molecule has 0 bridgehead atoms. The summed E-state index contributed by atoms with van der Waals surface area (Å²) in [7, 11) is 0. The number of anilines is 4. The van der Waals surface area contributed by atoms with E-state index in [-0.39, 0.29) is 31.9 Å². The molecule has 1 aliphatic heterocycles. The molecular formula is C56H45N4OPtS-3. The Kier molecular flexibility index (Phi) is 10.1.